The standard InChI is InChI=1S/C27H35ClN4/c1-20-23(17-24(28)18-25(20)30-12-9-26(29)27(3)10-11-27)19-31-13-15-32(16-14-31)21(2)22-7-5-4-6-8-22/h4-8,17-18,29-30H,2,9-16,19H2,1,3H3. The van der Waals surface area contributed by atoms with E-state index in [2.05, 4.69) is 65.9 Å². The van der Waals surface area contributed by atoms with Gasteiger partial charge in [0.15, 0.2) is 0 Å². The van der Waals surface area contributed by atoms with E-state index in [9.17, 15) is 0 Å². The van der Waals surface area contributed by atoms with Crippen molar-refractivity contribution < 1.29 is 0 Å². The van der Waals surface area contributed by atoms with E-state index in [1.54, 1.807) is 0 Å². The first-order valence-electron chi connectivity index (χ1n) is 11.7. The molecule has 0 bridgehead atoms. The quantitative estimate of drug-likeness (QED) is 0.456. The van der Waals surface area contributed by atoms with Crippen LogP contribution in [-0.4, -0.2) is 48.2 Å². The summed E-state index contributed by atoms with van der Waals surface area (Å²) < 4.78 is 0. The Morgan fingerprint density at radius 2 is 1.81 bits per heavy atom. The molecular weight excluding hydrogens is 416 g/mol. The molecule has 0 radical (unpaired) electrons. The Balaban J connectivity index is 1.32. The molecule has 2 aromatic carbocycles. The molecule has 32 heavy (non-hydrogen) atoms. The zero-order valence-electron chi connectivity index (χ0n) is 19.4. The molecule has 4 nitrogen and oxygen atoms in total. The number of rotatable bonds is 9. The van der Waals surface area contributed by atoms with Gasteiger partial charge in [-0.3, -0.25) is 4.90 Å². The van der Waals surface area contributed by atoms with Crippen LogP contribution in [0.5, 0.6) is 0 Å². The SMILES string of the molecule is C=C(c1ccccc1)N1CCN(Cc2cc(Cl)cc(NCCC(=N)C3(C)CC3)c2C)CC1. The molecule has 0 unspecified atom stereocenters. The number of benzene rings is 2. The molecule has 2 N–H and O–H groups in total. The largest absolute Gasteiger partial charge is 0.384 e. The highest BCUT2D eigenvalue weighted by Crippen LogP contribution is 2.46. The van der Waals surface area contributed by atoms with Crippen LogP contribution in [0.4, 0.5) is 5.69 Å². The maximum absolute atomic E-state index is 8.30. The van der Waals surface area contributed by atoms with Crippen molar-refractivity contribution in [2.75, 3.05) is 38.0 Å². The van der Waals surface area contributed by atoms with Gasteiger partial charge in [0, 0.05) is 73.2 Å². The second-order valence-corrected chi connectivity index (χ2v) is 9.97. The van der Waals surface area contributed by atoms with Crippen LogP contribution < -0.4 is 5.32 Å². The van der Waals surface area contributed by atoms with E-state index in [0.717, 1.165) is 80.6 Å². The molecule has 0 atom stereocenters. The highest BCUT2D eigenvalue weighted by Gasteiger charge is 2.40. The van der Waals surface area contributed by atoms with E-state index in [1.165, 1.54) is 16.7 Å². The number of halogens is 1. The van der Waals surface area contributed by atoms with Crippen molar-refractivity contribution in [1.82, 2.24) is 9.80 Å². The number of hydrogen-bond donors (Lipinski definition) is 2. The van der Waals surface area contributed by atoms with E-state index in [0.29, 0.717) is 0 Å². The Labute approximate surface area is 197 Å². The van der Waals surface area contributed by atoms with Crippen molar-refractivity contribution in [3.8, 4) is 0 Å². The van der Waals surface area contributed by atoms with Crippen LogP contribution in [0.1, 0.15) is 42.9 Å². The summed E-state index contributed by atoms with van der Waals surface area (Å²) in [4.78, 5) is 4.89. The smallest absolute Gasteiger partial charge is 0.0429 e. The van der Waals surface area contributed by atoms with Gasteiger partial charge >= 0.3 is 0 Å². The highest BCUT2D eigenvalue weighted by atomic mass is 35.5. The average Bonchev–Trinajstić information content (AvgIpc) is 3.56. The lowest BCUT2D eigenvalue weighted by molar-refractivity contribution is 0.169. The average molecular weight is 451 g/mol. The molecule has 0 spiro atoms. The normalized spacial score (nSPS) is 17.8. The van der Waals surface area contributed by atoms with Gasteiger partial charge in [0.1, 0.15) is 0 Å². The van der Waals surface area contributed by atoms with Crippen LogP contribution in [0, 0.1) is 17.7 Å². The van der Waals surface area contributed by atoms with Crippen LogP contribution in [0.2, 0.25) is 5.02 Å². The van der Waals surface area contributed by atoms with Gasteiger partial charge in [-0.05, 0) is 48.6 Å². The van der Waals surface area contributed by atoms with Crippen molar-refractivity contribution in [3.63, 3.8) is 0 Å². The zero-order chi connectivity index (χ0) is 22.7. The molecular formula is C27H35ClN4. The van der Waals surface area contributed by atoms with Crippen LogP contribution in [-0.2, 0) is 6.54 Å². The van der Waals surface area contributed by atoms with Crippen molar-refractivity contribution in [3.05, 3.63) is 70.8 Å². The van der Waals surface area contributed by atoms with Crippen LogP contribution in [0.15, 0.2) is 49.0 Å². The van der Waals surface area contributed by atoms with E-state index >= 15 is 0 Å². The molecule has 170 valence electrons. The van der Waals surface area contributed by atoms with Gasteiger partial charge in [0.25, 0.3) is 0 Å². The Bertz CT molecular complexity index is 973. The molecule has 1 aliphatic heterocycles. The molecule has 1 saturated heterocycles. The fraction of sp³-hybridized carbons (Fsp3) is 0.444. The Morgan fingerprint density at radius 1 is 1.12 bits per heavy atom. The first kappa shape index (κ1) is 22.9. The molecule has 0 aromatic heterocycles. The van der Waals surface area contributed by atoms with Gasteiger partial charge in [-0.2, -0.15) is 0 Å². The zero-order valence-corrected chi connectivity index (χ0v) is 20.1. The molecule has 2 aliphatic rings. The second-order valence-electron chi connectivity index (χ2n) is 9.53. The molecule has 1 heterocycles. The first-order chi connectivity index (χ1) is 15.4. The minimum atomic E-state index is 0.171. The number of hydrogen-bond acceptors (Lipinski definition) is 4. The Morgan fingerprint density at radius 3 is 2.47 bits per heavy atom. The van der Waals surface area contributed by atoms with Crippen molar-refractivity contribution in [1.29, 1.82) is 5.41 Å². The molecule has 0 amide bonds. The van der Waals surface area contributed by atoms with Gasteiger partial charge in [0.2, 0.25) is 0 Å². The Hall–Kier alpha value is -2.30. The van der Waals surface area contributed by atoms with E-state index in [4.69, 9.17) is 17.0 Å². The lowest BCUT2D eigenvalue weighted by Gasteiger charge is -2.37. The molecule has 2 aromatic rings. The van der Waals surface area contributed by atoms with Crippen molar-refractivity contribution in [2.45, 2.75) is 39.7 Å². The van der Waals surface area contributed by atoms with Gasteiger partial charge in [-0.15, -0.1) is 0 Å². The van der Waals surface area contributed by atoms with E-state index in [-0.39, 0.29) is 5.41 Å². The third-order valence-corrected chi connectivity index (χ3v) is 7.37. The summed E-state index contributed by atoms with van der Waals surface area (Å²) in [6.45, 7) is 14.4. The third-order valence-electron chi connectivity index (χ3n) is 7.15. The fourth-order valence-electron chi connectivity index (χ4n) is 4.43. The summed E-state index contributed by atoms with van der Waals surface area (Å²) in [5, 5.41) is 12.6. The monoisotopic (exact) mass is 450 g/mol. The van der Waals surface area contributed by atoms with Gasteiger partial charge in [-0.25, -0.2) is 0 Å². The minimum absolute atomic E-state index is 0.171. The molecule has 2 fully saturated rings. The summed E-state index contributed by atoms with van der Waals surface area (Å²) in [7, 11) is 0. The van der Waals surface area contributed by atoms with Crippen LogP contribution in [0.3, 0.4) is 0 Å². The van der Waals surface area contributed by atoms with Gasteiger partial charge in [-0.1, -0.05) is 55.4 Å². The maximum Gasteiger partial charge on any atom is 0.0429 e. The van der Waals surface area contributed by atoms with E-state index < -0.39 is 0 Å². The Kier molecular flexibility index (Phi) is 6.92. The summed E-state index contributed by atoms with van der Waals surface area (Å²) in [5.41, 5.74) is 6.99. The number of nitrogens with zero attached hydrogens (tertiary/aromatic N) is 2. The van der Waals surface area contributed by atoms with Crippen LogP contribution in [0.25, 0.3) is 5.70 Å². The minimum Gasteiger partial charge on any atom is -0.384 e. The van der Waals surface area contributed by atoms with Crippen molar-refractivity contribution >= 4 is 28.7 Å². The lowest BCUT2D eigenvalue weighted by Crippen LogP contribution is -2.44. The number of piperazine rings is 1. The second kappa shape index (κ2) is 9.68. The van der Waals surface area contributed by atoms with Crippen LogP contribution >= 0.6 is 11.6 Å². The predicted octanol–water partition coefficient (Wildman–Crippen LogP) is 6.06. The molecule has 1 aliphatic carbocycles. The molecule has 1 saturated carbocycles. The predicted molar refractivity (Wildman–Crippen MR) is 137 cm³/mol. The third kappa shape index (κ3) is 5.36. The van der Waals surface area contributed by atoms with Gasteiger partial charge < -0.3 is 15.6 Å². The lowest BCUT2D eigenvalue weighted by atomic mass is 10.00. The summed E-state index contributed by atoms with van der Waals surface area (Å²) in [6.07, 6.45) is 3.13. The highest BCUT2D eigenvalue weighted by molar-refractivity contribution is 6.31. The molecule has 4 rings (SSSR count). The van der Waals surface area contributed by atoms with Crippen molar-refractivity contribution in [2.24, 2.45) is 5.41 Å². The fourth-order valence-corrected chi connectivity index (χ4v) is 4.67. The maximum atomic E-state index is 8.30. The summed E-state index contributed by atoms with van der Waals surface area (Å²) in [6, 6.07) is 14.6. The molecule has 5 heteroatoms. The topological polar surface area (TPSA) is 42.4 Å². The van der Waals surface area contributed by atoms with Gasteiger partial charge in [0.05, 0.1) is 0 Å². The number of anilines is 1. The first-order valence-corrected chi connectivity index (χ1v) is 12.1. The summed E-state index contributed by atoms with van der Waals surface area (Å²) in [5.74, 6) is 0. The van der Waals surface area contributed by atoms with E-state index in [1.807, 2.05) is 12.1 Å². The summed E-state index contributed by atoms with van der Waals surface area (Å²) >= 11 is 6.48. The number of nitrogens with one attached hydrogen (secondary N) is 2.